The minimum atomic E-state index is -3.34. The highest BCUT2D eigenvalue weighted by atomic mass is 32.2. The Bertz CT molecular complexity index is 881. The summed E-state index contributed by atoms with van der Waals surface area (Å²) in [5.74, 6) is 0.232. The van der Waals surface area contributed by atoms with Crippen molar-refractivity contribution in [3.63, 3.8) is 0 Å². The van der Waals surface area contributed by atoms with Gasteiger partial charge in [-0.3, -0.25) is 4.72 Å². The van der Waals surface area contributed by atoms with E-state index >= 15 is 0 Å². The Kier molecular flexibility index (Phi) is 6.85. The number of aryl methyl sites for hydroxylation is 1. The second-order valence-electron chi connectivity index (χ2n) is 6.77. The highest BCUT2D eigenvalue weighted by Crippen LogP contribution is 2.23. The van der Waals surface area contributed by atoms with E-state index in [2.05, 4.69) is 29.2 Å². The molecule has 0 aliphatic carbocycles. The molecule has 0 radical (unpaired) electrons. The first-order chi connectivity index (χ1) is 12.7. The van der Waals surface area contributed by atoms with Crippen molar-refractivity contribution in [1.29, 1.82) is 0 Å². The Balaban J connectivity index is 2.08. The van der Waals surface area contributed by atoms with E-state index in [1.54, 1.807) is 32.0 Å². The molecular weight excluding hydrogens is 362 g/mol. The quantitative estimate of drug-likeness (QED) is 0.661. The fourth-order valence-electron chi connectivity index (χ4n) is 2.70. The van der Waals surface area contributed by atoms with Crippen LogP contribution in [0.15, 0.2) is 48.5 Å². The van der Waals surface area contributed by atoms with E-state index in [1.807, 2.05) is 30.3 Å². The molecule has 0 fully saturated rings. The second-order valence-corrected chi connectivity index (χ2v) is 8.78. The smallest absolute Gasteiger partial charge is 0.319 e. The SMILES string of the molecule is CCS(=O)(=O)Nc1ccc(NC(=O)NC(c2ccccc2)C(C)C)cc1C. The van der Waals surface area contributed by atoms with Crippen molar-refractivity contribution in [2.45, 2.75) is 33.7 Å². The molecule has 0 spiro atoms. The van der Waals surface area contributed by atoms with E-state index in [0.29, 0.717) is 11.4 Å². The third-order valence-corrected chi connectivity index (χ3v) is 5.53. The average Bonchev–Trinajstić information content (AvgIpc) is 2.62. The van der Waals surface area contributed by atoms with Gasteiger partial charge in [0.05, 0.1) is 17.5 Å². The van der Waals surface area contributed by atoms with E-state index < -0.39 is 10.0 Å². The predicted molar refractivity (Wildman–Crippen MR) is 110 cm³/mol. The summed E-state index contributed by atoms with van der Waals surface area (Å²) >= 11 is 0. The van der Waals surface area contributed by atoms with Crippen molar-refractivity contribution < 1.29 is 13.2 Å². The molecule has 3 N–H and O–H groups in total. The minimum Gasteiger partial charge on any atom is -0.331 e. The predicted octanol–water partition coefficient (Wildman–Crippen LogP) is 4.28. The van der Waals surface area contributed by atoms with Gasteiger partial charge < -0.3 is 10.6 Å². The van der Waals surface area contributed by atoms with Gasteiger partial charge in [-0.25, -0.2) is 13.2 Å². The fraction of sp³-hybridized carbons (Fsp3) is 0.350. The number of carbonyl (C=O) groups is 1. The van der Waals surface area contributed by atoms with E-state index in [-0.39, 0.29) is 23.7 Å². The van der Waals surface area contributed by atoms with Gasteiger partial charge in [-0.05, 0) is 49.1 Å². The van der Waals surface area contributed by atoms with E-state index in [4.69, 9.17) is 0 Å². The lowest BCUT2D eigenvalue weighted by molar-refractivity contribution is 0.244. The van der Waals surface area contributed by atoms with Crippen molar-refractivity contribution in [2.75, 3.05) is 15.8 Å². The lowest BCUT2D eigenvalue weighted by atomic mass is 9.96. The van der Waals surface area contributed by atoms with E-state index in [1.165, 1.54) is 0 Å². The van der Waals surface area contributed by atoms with Crippen LogP contribution < -0.4 is 15.4 Å². The molecule has 2 aromatic carbocycles. The van der Waals surface area contributed by atoms with Crippen LogP contribution in [0, 0.1) is 12.8 Å². The molecule has 0 aliphatic rings. The maximum atomic E-state index is 12.4. The van der Waals surface area contributed by atoms with Gasteiger partial charge in [0.1, 0.15) is 0 Å². The maximum absolute atomic E-state index is 12.4. The minimum absolute atomic E-state index is 0.00488. The largest absolute Gasteiger partial charge is 0.331 e. The first-order valence-corrected chi connectivity index (χ1v) is 10.6. The monoisotopic (exact) mass is 389 g/mol. The van der Waals surface area contributed by atoms with Crippen LogP contribution in [0.25, 0.3) is 0 Å². The first kappa shape index (κ1) is 20.8. The zero-order chi connectivity index (χ0) is 20.0. The first-order valence-electron chi connectivity index (χ1n) is 8.95. The molecule has 0 saturated carbocycles. The molecule has 146 valence electrons. The molecule has 6 nitrogen and oxygen atoms in total. The highest BCUT2D eigenvalue weighted by molar-refractivity contribution is 7.92. The summed E-state index contributed by atoms with van der Waals surface area (Å²) in [6.45, 7) is 7.47. The number of hydrogen-bond acceptors (Lipinski definition) is 3. The molecule has 2 amide bonds. The molecule has 1 atom stereocenters. The number of benzene rings is 2. The van der Waals surface area contributed by atoms with E-state index in [0.717, 1.165) is 11.1 Å². The number of carbonyl (C=O) groups excluding carboxylic acids is 1. The van der Waals surface area contributed by atoms with Gasteiger partial charge in [0.15, 0.2) is 0 Å². The van der Waals surface area contributed by atoms with Crippen LogP contribution in [0.2, 0.25) is 0 Å². The lowest BCUT2D eigenvalue weighted by Gasteiger charge is -2.23. The Morgan fingerprint density at radius 3 is 2.30 bits per heavy atom. The molecule has 0 aliphatic heterocycles. The summed E-state index contributed by atoms with van der Waals surface area (Å²) < 4.78 is 26.0. The van der Waals surface area contributed by atoms with Crippen LogP contribution in [0.4, 0.5) is 16.2 Å². The summed E-state index contributed by atoms with van der Waals surface area (Å²) in [6.07, 6.45) is 0. The van der Waals surface area contributed by atoms with Gasteiger partial charge in [-0.1, -0.05) is 44.2 Å². The van der Waals surface area contributed by atoms with Gasteiger partial charge in [-0.2, -0.15) is 0 Å². The van der Waals surface area contributed by atoms with E-state index in [9.17, 15) is 13.2 Å². The normalized spacial score (nSPS) is 12.5. The van der Waals surface area contributed by atoms with Crippen LogP contribution in [0.1, 0.15) is 37.9 Å². The molecule has 1 unspecified atom stereocenters. The molecule has 7 heteroatoms. The summed E-state index contributed by atoms with van der Waals surface area (Å²) in [7, 11) is -3.34. The average molecular weight is 390 g/mol. The van der Waals surface area contributed by atoms with Crippen molar-refractivity contribution >= 4 is 27.4 Å². The Hall–Kier alpha value is -2.54. The summed E-state index contributed by atoms with van der Waals surface area (Å²) in [5, 5.41) is 5.82. The van der Waals surface area contributed by atoms with Crippen LogP contribution in [-0.4, -0.2) is 20.2 Å². The Morgan fingerprint density at radius 2 is 1.74 bits per heavy atom. The second kappa shape index (κ2) is 8.90. The number of rotatable bonds is 7. The molecule has 27 heavy (non-hydrogen) atoms. The summed E-state index contributed by atoms with van der Waals surface area (Å²) in [6, 6.07) is 14.5. The number of nitrogens with one attached hydrogen (secondary N) is 3. The molecule has 0 heterocycles. The van der Waals surface area contributed by atoms with Gasteiger partial charge in [0.2, 0.25) is 10.0 Å². The molecule has 0 saturated heterocycles. The number of anilines is 2. The topological polar surface area (TPSA) is 87.3 Å². The zero-order valence-electron chi connectivity index (χ0n) is 16.1. The maximum Gasteiger partial charge on any atom is 0.319 e. The molecule has 2 rings (SSSR count). The third kappa shape index (κ3) is 5.99. The molecular formula is C20H27N3O3S. The van der Waals surface area contributed by atoms with Gasteiger partial charge in [0.25, 0.3) is 0 Å². The number of amides is 2. The molecule has 2 aromatic rings. The van der Waals surface area contributed by atoms with Crippen molar-refractivity contribution in [1.82, 2.24) is 5.32 Å². The Labute approximate surface area is 161 Å². The van der Waals surface area contributed by atoms with Crippen molar-refractivity contribution in [2.24, 2.45) is 5.92 Å². The van der Waals surface area contributed by atoms with Crippen molar-refractivity contribution in [3.8, 4) is 0 Å². The lowest BCUT2D eigenvalue weighted by Crippen LogP contribution is -2.35. The number of hydrogen-bond donors (Lipinski definition) is 3. The Morgan fingerprint density at radius 1 is 1.07 bits per heavy atom. The highest BCUT2D eigenvalue weighted by Gasteiger charge is 2.18. The molecule has 0 bridgehead atoms. The zero-order valence-corrected chi connectivity index (χ0v) is 16.9. The van der Waals surface area contributed by atoms with Gasteiger partial charge >= 0.3 is 6.03 Å². The number of sulfonamides is 1. The number of urea groups is 1. The summed E-state index contributed by atoms with van der Waals surface area (Å²) in [4.78, 5) is 12.4. The van der Waals surface area contributed by atoms with Crippen LogP contribution in [-0.2, 0) is 10.0 Å². The van der Waals surface area contributed by atoms with Crippen LogP contribution >= 0.6 is 0 Å². The van der Waals surface area contributed by atoms with Gasteiger partial charge in [0, 0.05) is 5.69 Å². The fourth-order valence-corrected chi connectivity index (χ4v) is 3.41. The van der Waals surface area contributed by atoms with Crippen molar-refractivity contribution in [3.05, 3.63) is 59.7 Å². The van der Waals surface area contributed by atoms with Crippen LogP contribution in [0.5, 0.6) is 0 Å². The third-order valence-electron chi connectivity index (χ3n) is 4.24. The van der Waals surface area contributed by atoms with Gasteiger partial charge in [-0.15, -0.1) is 0 Å². The summed E-state index contributed by atoms with van der Waals surface area (Å²) in [5.41, 5.74) is 2.88. The van der Waals surface area contributed by atoms with Crippen LogP contribution in [0.3, 0.4) is 0 Å². The standard InChI is InChI=1S/C20H27N3O3S/c1-5-27(25,26)23-18-12-11-17(13-15(18)4)21-20(24)22-19(14(2)3)16-9-7-6-8-10-16/h6-14,19,23H,5H2,1-4H3,(H2,21,22,24). The molecule has 0 aromatic heterocycles.